The zero-order valence-corrected chi connectivity index (χ0v) is 13.2. The highest BCUT2D eigenvalue weighted by molar-refractivity contribution is 7.99. The van der Waals surface area contributed by atoms with E-state index in [1.54, 1.807) is 0 Å². The predicted molar refractivity (Wildman–Crippen MR) is 83.0 cm³/mol. The summed E-state index contributed by atoms with van der Waals surface area (Å²) >= 11 is 1.42. The predicted octanol–water partition coefficient (Wildman–Crippen LogP) is -0.181. The van der Waals surface area contributed by atoms with Gasteiger partial charge >= 0.3 is 0 Å². The van der Waals surface area contributed by atoms with Gasteiger partial charge < -0.3 is 30.9 Å². The molecule has 0 aliphatic carbocycles. The first-order valence-corrected chi connectivity index (χ1v) is 8.79. The van der Waals surface area contributed by atoms with Crippen LogP contribution in [0.5, 0.6) is 0 Å². The Morgan fingerprint density at radius 1 is 0.857 bits per heavy atom. The molecule has 0 radical (unpaired) electrons. The third kappa shape index (κ3) is 6.40. The maximum absolute atomic E-state index is 9.87. The lowest BCUT2D eigenvalue weighted by atomic mass is 10.0. The summed E-state index contributed by atoms with van der Waals surface area (Å²) < 4.78 is 5.43. The van der Waals surface area contributed by atoms with Crippen LogP contribution in [0.25, 0.3) is 0 Å². The van der Waals surface area contributed by atoms with Crippen LogP contribution in [0, 0.1) is 0 Å². The molecule has 0 aromatic rings. The van der Waals surface area contributed by atoms with Crippen LogP contribution in [0.1, 0.15) is 38.5 Å². The molecule has 1 rings (SSSR count). The molecular formula is C14H29NO5S. The molecule has 0 aromatic carbocycles. The molecule has 7 heteroatoms. The molecule has 1 aliphatic heterocycles. The van der Waals surface area contributed by atoms with E-state index in [1.807, 2.05) is 0 Å². The first-order chi connectivity index (χ1) is 10.1. The summed E-state index contributed by atoms with van der Waals surface area (Å²) in [7, 11) is 0. The zero-order valence-electron chi connectivity index (χ0n) is 12.4. The van der Waals surface area contributed by atoms with Crippen molar-refractivity contribution in [1.29, 1.82) is 0 Å². The van der Waals surface area contributed by atoms with Crippen LogP contribution in [0.3, 0.4) is 0 Å². The van der Waals surface area contributed by atoms with Crippen LogP contribution < -0.4 is 5.73 Å². The summed E-state index contributed by atoms with van der Waals surface area (Å²) in [5, 5.41) is 38.3. The Bertz CT molecular complexity index is 270. The lowest BCUT2D eigenvalue weighted by Gasteiger charge is -2.39. The lowest BCUT2D eigenvalue weighted by molar-refractivity contribution is -0.205. The Balaban J connectivity index is 2.16. The minimum Gasteiger partial charge on any atom is -0.394 e. The van der Waals surface area contributed by atoms with E-state index in [-0.39, 0.29) is 6.61 Å². The van der Waals surface area contributed by atoms with Gasteiger partial charge in [0.05, 0.1) is 6.61 Å². The Labute approximate surface area is 130 Å². The summed E-state index contributed by atoms with van der Waals surface area (Å²) in [5.74, 6) is 0.819. The fourth-order valence-corrected chi connectivity index (χ4v) is 3.54. The van der Waals surface area contributed by atoms with Crippen LogP contribution in [0.15, 0.2) is 0 Å². The number of hydrogen-bond acceptors (Lipinski definition) is 7. The molecule has 1 saturated heterocycles. The third-order valence-corrected chi connectivity index (χ3v) is 4.97. The summed E-state index contributed by atoms with van der Waals surface area (Å²) in [5.41, 5.74) is 4.83. The average molecular weight is 323 g/mol. The van der Waals surface area contributed by atoms with Gasteiger partial charge in [0.1, 0.15) is 29.9 Å². The van der Waals surface area contributed by atoms with E-state index < -0.39 is 29.9 Å². The van der Waals surface area contributed by atoms with E-state index in [0.29, 0.717) is 0 Å². The van der Waals surface area contributed by atoms with E-state index >= 15 is 0 Å². The van der Waals surface area contributed by atoms with E-state index in [0.717, 1.165) is 31.6 Å². The molecule has 0 amide bonds. The highest BCUT2D eigenvalue weighted by atomic mass is 32.2. The van der Waals surface area contributed by atoms with Crippen molar-refractivity contribution in [2.45, 2.75) is 68.4 Å². The molecular weight excluding hydrogens is 294 g/mol. The highest BCUT2D eigenvalue weighted by Crippen LogP contribution is 2.29. The van der Waals surface area contributed by atoms with Crippen molar-refractivity contribution in [2.75, 3.05) is 18.9 Å². The highest BCUT2D eigenvalue weighted by Gasteiger charge is 2.43. The number of unbranched alkanes of at least 4 members (excludes halogenated alkanes) is 5. The fourth-order valence-electron chi connectivity index (χ4n) is 2.36. The van der Waals surface area contributed by atoms with Gasteiger partial charge in [-0.1, -0.05) is 25.7 Å². The standard InChI is InChI=1S/C14H29NO5S/c15-7-5-3-1-2-4-6-8-21-14-13(19)12(18)11(17)10(9-16)20-14/h10-14,16-19H,1-9,15H2/t10-,11-,12+,13+,14-/m1/s1. The maximum Gasteiger partial charge on any atom is 0.132 e. The van der Waals surface area contributed by atoms with Crippen LogP contribution in [-0.4, -0.2) is 69.2 Å². The number of ether oxygens (including phenoxy) is 1. The molecule has 1 fully saturated rings. The summed E-state index contributed by atoms with van der Waals surface area (Å²) in [4.78, 5) is 0. The Kier molecular flexibility index (Phi) is 9.83. The second kappa shape index (κ2) is 10.8. The van der Waals surface area contributed by atoms with E-state index in [4.69, 9.17) is 15.6 Å². The maximum atomic E-state index is 9.87. The number of nitrogens with two attached hydrogens (primary N) is 1. The van der Waals surface area contributed by atoms with Gasteiger partial charge in [-0.05, 0) is 25.1 Å². The molecule has 5 atom stereocenters. The van der Waals surface area contributed by atoms with E-state index in [2.05, 4.69) is 0 Å². The van der Waals surface area contributed by atoms with Gasteiger partial charge in [-0.25, -0.2) is 0 Å². The second-order valence-corrected chi connectivity index (χ2v) is 6.68. The van der Waals surface area contributed by atoms with Gasteiger partial charge in [0.15, 0.2) is 0 Å². The zero-order chi connectivity index (χ0) is 15.7. The Hall–Kier alpha value is 0.110. The smallest absolute Gasteiger partial charge is 0.132 e. The van der Waals surface area contributed by atoms with Crippen molar-refractivity contribution >= 4 is 11.8 Å². The topological polar surface area (TPSA) is 116 Å². The minimum atomic E-state index is -1.27. The molecule has 0 unspecified atom stereocenters. The average Bonchev–Trinajstić information content (AvgIpc) is 2.49. The van der Waals surface area contributed by atoms with Gasteiger partial charge in [-0.2, -0.15) is 0 Å². The van der Waals surface area contributed by atoms with Gasteiger partial charge in [0.2, 0.25) is 0 Å². The number of aliphatic hydroxyl groups is 4. The van der Waals surface area contributed by atoms with Crippen molar-refractivity contribution in [3.05, 3.63) is 0 Å². The summed E-state index contributed by atoms with van der Waals surface area (Å²) in [6, 6.07) is 0. The monoisotopic (exact) mass is 323 g/mol. The fraction of sp³-hybridized carbons (Fsp3) is 1.00. The Morgan fingerprint density at radius 3 is 2.10 bits per heavy atom. The van der Waals surface area contributed by atoms with Crippen LogP contribution in [-0.2, 0) is 4.74 Å². The van der Waals surface area contributed by atoms with Gasteiger partial charge in [-0.3, -0.25) is 0 Å². The second-order valence-electron chi connectivity index (χ2n) is 5.48. The van der Waals surface area contributed by atoms with Crippen LogP contribution in [0.2, 0.25) is 0 Å². The summed E-state index contributed by atoms with van der Waals surface area (Å²) in [6.07, 6.45) is 2.29. The molecule has 126 valence electrons. The van der Waals surface area contributed by atoms with Crippen molar-refractivity contribution < 1.29 is 25.2 Å². The molecule has 0 spiro atoms. The van der Waals surface area contributed by atoms with Crippen molar-refractivity contribution in [2.24, 2.45) is 5.73 Å². The quantitative estimate of drug-likeness (QED) is 0.354. The number of rotatable bonds is 10. The molecule has 0 aromatic heterocycles. The SMILES string of the molecule is NCCCCCCCCS[C@H]1O[C@H](CO)[C@@H](O)[C@H](O)[C@@H]1O. The van der Waals surface area contributed by atoms with E-state index in [1.165, 1.54) is 31.0 Å². The number of hydrogen-bond donors (Lipinski definition) is 5. The van der Waals surface area contributed by atoms with Crippen molar-refractivity contribution in [3.63, 3.8) is 0 Å². The molecule has 1 heterocycles. The molecule has 0 bridgehead atoms. The van der Waals surface area contributed by atoms with Gasteiger partial charge in [-0.15, -0.1) is 11.8 Å². The number of aliphatic hydroxyl groups excluding tert-OH is 4. The molecule has 6 N–H and O–H groups in total. The van der Waals surface area contributed by atoms with Crippen molar-refractivity contribution in [1.82, 2.24) is 0 Å². The van der Waals surface area contributed by atoms with Gasteiger partial charge in [0.25, 0.3) is 0 Å². The van der Waals surface area contributed by atoms with E-state index in [9.17, 15) is 15.3 Å². The van der Waals surface area contributed by atoms with Crippen molar-refractivity contribution in [3.8, 4) is 0 Å². The minimum absolute atomic E-state index is 0.372. The third-order valence-electron chi connectivity index (χ3n) is 3.73. The van der Waals surface area contributed by atoms with Gasteiger partial charge in [0, 0.05) is 0 Å². The lowest BCUT2D eigenvalue weighted by Crippen LogP contribution is -2.57. The molecule has 21 heavy (non-hydrogen) atoms. The molecule has 0 saturated carbocycles. The number of thioether (sulfide) groups is 1. The van der Waals surface area contributed by atoms with Crippen LogP contribution >= 0.6 is 11.8 Å². The summed E-state index contributed by atoms with van der Waals surface area (Å²) in [6.45, 7) is 0.385. The Morgan fingerprint density at radius 2 is 1.48 bits per heavy atom. The normalized spacial score (nSPS) is 33.3. The molecule has 6 nitrogen and oxygen atoms in total. The first kappa shape index (κ1) is 19.2. The largest absolute Gasteiger partial charge is 0.394 e. The van der Waals surface area contributed by atoms with Crippen LogP contribution in [0.4, 0.5) is 0 Å². The first-order valence-electron chi connectivity index (χ1n) is 7.74. The molecule has 1 aliphatic rings.